The number of amides is 1. The molecule has 2 unspecified atom stereocenters. The van der Waals surface area contributed by atoms with Crippen LogP contribution in [0.15, 0.2) is 88.5 Å². The lowest BCUT2D eigenvalue weighted by atomic mass is 9.78. The van der Waals surface area contributed by atoms with Gasteiger partial charge in [-0.2, -0.15) is 0 Å². The van der Waals surface area contributed by atoms with Crippen LogP contribution in [0.25, 0.3) is 0 Å². The van der Waals surface area contributed by atoms with Crippen LogP contribution in [0.1, 0.15) is 48.4 Å². The van der Waals surface area contributed by atoms with Crippen molar-refractivity contribution in [1.82, 2.24) is 0 Å². The summed E-state index contributed by atoms with van der Waals surface area (Å²) in [5.41, 5.74) is 6.44. The quantitative estimate of drug-likeness (QED) is 0.426. The minimum absolute atomic E-state index is 0.0796. The molecule has 0 bridgehead atoms. The van der Waals surface area contributed by atoms with E-state index in [0.717, 1.165) is 38.2 Å². The van der Waals surface area contributed by atoms with Gasteiger partial charge in [0, 0.05) is 29.1 Å². The average Bonchev–Trinajstić information content (AvgIpc) is 2.94. The fourth-order valence-corrected chi connectivity index (χ4v) is 5.42. The lowest BCUT2D eigenvalue weighted by Gasteiger charge is -2.34. The molecule has 5 rings (SSSR count). The van der Waals surface area contributed by atoms with Crippen LogP contribution in [0.4, 0.5) is 11.4 Å². The summed E-state index contributed by atoms with van der Waals surface area (Å²) in [6, 6.07) is 23.6. The molecule has 1 N–H and O–H groups in total. The van der Waals surface area contributed by atoms with Gasteiger partial charge in [-0.15, -0.1) is 0 Å². The molecule has 33 heavy (non-hydrogen) atoms. The van der Waals surface area contributed by atoms with E-state index in [1.807, 2.05) is 67.6 Å². The second-order valence-electron chi connectivity index (χ2n) is 8.82. The molecular weight excluding hydrogens is 476 g/mol. The van der Waals surface area contributed by atoms with Crippen LogP contribution in [-0.4, -0.2) is 11.7 Å². The van der Waals surface area contributed by atoms with Crippen molar-refractivity contribution in [3.8, 4) is 0 Å². The number of rotatable bonds is 2. The lowest BCUT2D eigenvalue weighted by Crippen LogP contribution is -2.37. The first-order valence-electron chi connectivity index (χ1n) is 11.2. The zero-order valence-electron chi connectivity index (χ0n) is 18.6. The van der Waals surface area contributed by atoms with Gasteiger partial charge in [-0.05, 0) is 54.7 Å². The summed E-state index contributed by atoms with van der Waals surface area (Å²) in [5.74, 6) is 0.0693. The third-order valence-electron chi connectivity index (χ3n) is 6.54. The van der Waals surface area contributed by atoms with E-state index in [9.17, 15) is 9.59 Å². The number of Topliss-reactive ketones (excluding diaryl/α,β-unsaturated/α-hetero) is 1. The Bertz CT molecular complexity index is 1280. The highest BCUT2D eigenvalue weighted by Crippen LogP contribution is 2.47. The van der Waals surface area contributed by atoms with Crippen molar-refractivity contribution in [2.75, 3.05) is 10.2 Å². The van der Waals surface area contributed by atoms with Crippen molar-refractivity contribution >= 4 is 39.0 Å². The highest BCUT2D eigenvalue weighted by molar-refractivity contribution is 9.10. The average molecular weight is 501 g/mol. The number of ketones is 1. The highest BCUT2D eigenvalue weighted by atomic mass is 79.9. The molecule has 0 saturated heterocycles. The van der Waals surface area contributed by atoms with Gasteiger partial charge in [-0.1, -0.05) is 70.0 Å². The molecule has 166 valence electrons. The van der Waals surface area contributed by atoms with Crippen molar-refractivity contribution in [3.63, 3.8) is 0 Å². The number of para-hydroxylation sites is 2. The maximum atomic E-state index is 13.8. The Balaban J connectivity index is 1.70. The Kier molecular flexibility index (Phi) is 5.67. The van der Waals surface area contributed by atoms with Crippen LogP contribution >= 0.6 is 15.9 Å². The molecule has 0 aromatic heterocycles. The number of allylic oxidation sites excluding steroid dienone is 1. The van der Waals surface area contributed by atoms with Crippen LogP contribution in [-0.2, 0) is 9.59 Å². The van der Waals surface area contributed by atoms with Crippen LogP contribution in [0.5, 0.6) is 0 Å². The molecule has 0 fully saturated rings. The third-order valence-corrected chi connectivity index (χ3v) is 7.03. The predicted octanol–water partition coefficient (Wildman–Crippen LogP) is 6.68. The normalized spacial score (nSPS) is 20.0. The zero-order valence-corrected chi connectivity index (χ0v) is 20.2. The van der Waals surface area contributed by atoms with Crippen LogP contribution in [0, 0.1) is 6.92 Å². The van der Waals surface area contributed by atoms with Crippen LogP contribution in [0.2, 0.25) is 0 Å². The summed E-state index contributed by atoms with van der Waals surface area (Å²) in [7, 11) is 0. The molecule has 0 spiro atoms. The summed E-state index contributed by atoms with van der Waals surface area (Å²) < 4.78 is 1.01. The minimum Gasteiger partial charge on any atom is -0.357 e. The first-order valence-corrected chi connectivity index (χ1v) is 12.0. The molecule has 1 aliphatic heterocycles. The number of carbonyl (C=O) groups is 2. The lowest BCUT2D eigenvalue weighted by molar-refractivity contribution is -0.117. The second kappa shape index (κ2) is 8.64. The predicted molar refractivity (Wildman–Crippen MR) is 135 cm³/mol. The van der Waals surface area contributed by atoms with E-state index in [1.54, 1.807) is 11.8 Å². The number of hydrogen-bond donors (Lipinski definition) is 1. The van der Waals surface area contributed by atoms with Crippen molar-refractivity contribution in [2.24, 2.45) is 0 Å². The monoisotopic (exact) mass is 500 g/mol. The van der Waals surface area contributed by atoms with Gasteiger partial charge in [-0.3, -0.25) is 14.5 Å². The van der Waals surface area contributed by atoms with Crippen molar-refractivity contribution in [3.05, 3.63) is 105 Å². The van der Waals surface area contributed by atoms with Gasteiger partial charge >= 0.3 is 0 Å². The number of fused-ring (bicyclic) bond motifs is 1. The van der Waals surface area contributed by atoms with Gasteiger partial charge in [0.15, 0.2) is 5.78 Å². The Morgan fingerprint density at radius 2 is 1.73 bits per heavy atom. The van der Waals surface area contributed by atoms with Gasteiger partial charge in [0.1, 0.15) is 0 Å². The Hall–Kier alpha value is -3.18. The molecule has 1 aliphatic carbocycles. The maximum Gasteiger partial charge on any atom is 0.224 e. The molecule has 2 atom stereocenters. The van der Waals surface area contributed by atoms with Gasteiger partial charge in [0.05, 0.1) is 17.4 Å². The van der Waals surface area contributed by atoms with Gasteiger partial charge in [0.2, 0.25) is 5.91 Å². The van der Waals surface area contributed by atoms with E-state index in [2.05, 4.69) is 33.4 Å². The molecule has 3 aromatic rings. The SMILES string of the molecule is CC(=O)N1c2ccccc2NC2=C(C(=O)CC(c3cccc(Br)c3)C2)C1c1ccc(C)cc1. The van der Waals surface area contributed by atoms with Crippen molar-refractivity contribution in [2.45, 2.75) is 38.6 Å². The van der Waals surface area contributed by atoms with Crippen LogP contribution in [0.3, 0.4) is 0 Å². The summed E-state index contributed by atoms with van der Waals surface area (Å²) in [4.78, 5) is 28.6. The van der Waals surface area contributed by atoms with Gasteiger partial charge in [0.25, 0.3) is 0 Å². The fourth-order valence-electron chi connectivity index (χ4n) is 5.00. The minimum atomic E-state index is -0.467. The molecule has 0 radical (unpaired) electrons. The molecule has 2 aliphatic rings. The van der Waals surface area contributed by atoms with E-state index < -0.39 is 6.04 Å². The number of halogens is 1. The Labute approximate surface area is 202 Å². The Morgan fingerprint density at radius 1 is 0.970 bits per heavy atom. The number of anilines is 2. The zero-order chi connectivity index (χ0) is 23.1. The summed E-state index contributed by atoms with van der Waals surface area (Å²) in [6.45, 7) is 3.61. The van der Waals surface area contributed by atoms with E-state index >= 15 is 0 Å². The molecule has 4 nitrogen and oxygen atoms in total. The maximum absolute atomic E-state index is 13.8. The molecule has 3 aromatic carbocycles. The number of nitrogens with zero attached hydrogens (tertiary/aromatic N) is 1. The molecular formula is C28H25BrN2O2. The number of nitrogens with one attached hydrogen (secondary N) is 1. The van der Waals surface area contributed by atoms with E-state index in [0.29, 0.717) is 18.4 Å². The van der Waals surface area contributed by atoms with Crippen molar-refractivity contribution < 1.29 is 9.59 Å². The first-order chi connectivity index (χ1) is 15.9. The summed E-state index contributed by atoms with van der Waals surface area (Å²) in [5, 5.41) is 3.56. The third kappa shape index (κ3) is 4.02. The van der Waals surface area contributed by atoms with Crippen molar-refractivity contribution in [1.29, 1.82) is 0 Å². The van der Waals surface area contributed by atoms with Crippen LogP contribution < -0.4 is 10.2 Å². The molecule has 1 amide bonds. The number of carbonyl (C=O) groups excluding carboxylic acids is 2. The Morgan fingerprint density at radius 3 is 2.45 bits per heavy atom. The highest BCUT2D eigenvalue weighted by Gasteiger charge is 2.40. The van der Waals surface area contributed by atoms with Gasteiger partial charge < -0.3 is 5.32 Å². The number of aryl methyl sites for hydroxylation is 1. The first kappa shape index (κ1) is 21.7. The van der Waals surface area contributed by atoms with E-state index in [1.165, 1.54) is 0 Å². The molecule has 5 heteroatoms. The standard InChI is InChI=1S/C28H25BrN2O2/c1-17-10-12-19(13-11-17)28-27-24(30-23-8-3-4-9-25(23)31(28)18(2)32)15-21(16-26(27)33)20-6-5-7-22(29)14-20/h3-14,21,28,30H,15-16H2,1-2H3. The summed E-state index contributed by atoms with van der Waals surface area (Å²) >= 11 is 3.56. The second-order valence-corrected chi connectivity index (χ2v) is 9.74. The van der Waals surface area contributed by atoms with E-state index in [4.69, 9.17) is 0 Å². The van der Waals surface area contributed by atoms with Gasteiger partial charge in [-0.25, -0.2) is 0 Å². The van der Waals surface area contributed by atoms with E-state index in [-0.39, 0.29) is 17.6 Å². The fraction of sp³-hybridized carbons (Fsp3) is 0.214. The number of benzene rings is 3. The topological polar surface area (TPSA) is 49.4 Å². The largest absolute Gasteiger partial charge is 0.357 e. The molecule has 0 saturated carbocycles. The summed E-state index contributed by atoms with van der Waals surface area (Å²) in [6.07, 6.45) is 1.13. The number of hydrogen-bond acceptors (Lipinski definition) is 3. The molecule has 1 heterocycles. The smallest absolute Gasteiger partial charge is 0.224 e.